The molecule has 0 aliphatic rings. The first-order valence-corrected chi connectivity index (χ1v) is 6.21. The number of hydrogen-bond acceptors (Lipinski definition) is 5. The molecule has 0 fully saturated rings. The highest BCUT2D eigenvalue weighted by atomic mass is 35.7. The van der Waals surface area contributed by atoms with Crippen molar-refractivity contribution in [2.24, 2.45) is 0 Å². The Morgan fingerprint density at radius 3 is 2.60 bits per heavy atom. The Labute approximate surface area is 90.1 Å². The van der Waals surface area contributed by atoms with Gasteiger partial charge in [-0.25, -0.2) is 8.42 Å². The van der Waals surface area contributed by atoms with Gasteiger partial charge in [-0.2, -0.15) is 0 Å². The molecule has 0 saturated carbocycles. The normalized spacial score (nSPS) is 11.5. The maximum absolute atomic E-state index is 11.2. The lowest BCUT2D eigenvalue weighted by Crippen LogP contribution is -1.94. The van der Waals surface area contributed by atoms with Gasteiger partial charge in [-0.05, 0) is 6.07 Å². The fourth-order valence-corrected chi connectivity index (χ4v) is 2.25. The summed E-state index contributed by atoms with van der Waals surface area (Å²) >= 11 is 0. The summed E-state index contributed by atoms with van der Waals surface area (Å²) in [4.78, 5) is -0.0117. The Kier molecular flexibility index (Phi) is 2.45. The third kappa shape index (κ3) is 2.00. The Balaban J connectivity index is 2.68. The second-order valence-electron chi connectivity index (χ2n) is 2.72. The minimum Gasteiger partial charge on any atom is -0.345 e. The molecular formula is C8H5ClN2O3S. The van der Waals surface area contributed by atoms with Crippen LogP contribution in [0.4, 0.5) is 0 Å². The smallest absolute Gasteiger partial charge is 0.261 e. The van der Waals surface area contributed by atoms with Crippen LogP contribution in [-0.2, 0) is 9.05 Å². The molecule has 0 spiro atoms. The van der Waals surface area contributed by atoms with E-state index in [1.165, 1.54) is 12.3 Å². The van der Waals surface area contributed by atoms with Gasteiger partial charge < -0.3 is 4.52 Å². The first kappa shape index (κ1) is 10.1. The van der Waals surface area contributed by atoms with Crippen LogP contribution in [0.25, 0.3) is 11.3 Å². The Bertz CT molecular complexity index is 565. The van der Waals surface area contributed by atoms with Crippen molar-refractivity contribution in [3.8, 4) is 11.3 Å². The van der Waals surface area contributed by atoms with E-state index in [9.17, 15) is 8.42 Å². The van der Waals surface area contributed by atoms with Crippen LogP contribution in [0.5, 0.6) is 0 Å². The largest absolute Gasteiger partial charge is 0.345 e. The van der Waals surface area contributed by atoms with Crippen molar-refractivity contribution in [1.29, 1.82) is 0 Å². The average molecular weight is 245 g/mol. The summed E-state index contributed by atoms with van der Waals surface area (Å²) in [7, 11) is 1.48. The van der Waals surface area contributed by atoms with Crippen LogP contribution < -0.4 is 0 Å². The number of rotatable bonds is 2. The average Bonchev–Trinajstić information content (AvgIpc) is 2.69. The second kappa shape index (κ2) is 3.63. The molecule has 0 aliphatic heterocycles. The molecule has 0 bridgehead atoms. The summed E-state index contributed by atoms with van der Waals surface area (Å²) in [6.07, 6.45) is 1.25. The summed E-state index contributed by atoms with van der Waals surface area (Å²) in [6, 6.07) is 6.23. The highest BCUT2D eigenvalue weighted by Crippen LogP contribution is 2.27. The Morgan fingerprint density at radius 2 is 2.00 bits per heavy atom. The zero-order valence-electron chi connectivity index (χ0n) is 7.29. The fourth-order valence-electron chi connectivity index (χ4n) is 1.17. The molecule has 78 valence electrons. The number of benzene rings is 1. The fraction of sp³-hybridized carbons (Fsp3) is 0. The van der Waals surface area contributed by atoms with Crippen LogP contribution in [0, 0.1) is 0 Å². The van der Waals surface area contributed by atoms with Crippen molar-refractivity contribution in [2.45, 2.75) is 4.90 Å². The van der Waals surface area contributed by atoms with Gasteiger partial charge in [0.25, 0.3) is 9.05 Å². The first-order chi connectivity index (χ1) is 7.09. The van der Waals surface area contributed by atoms with Crippen LogP contribution >= 0.6 is 10.7 Å². The number of nitrogens with zero attached hydrogens (tertiary/aromatic N) is 2. The van der Waals surface area contributed by atoms with Crippen molar-refractivity contribution in [3.63, 3.8) is 0 Å². The van der Waals surface area contributed by atoms with Gasteiger partial charge in [0.1, 0.15) is 5.69 Å². The van der Waals surface area contributed by atoms with E-state index in [0.717, 1.165) is 0 Å². The highest BCUT2D eigenvalue weighted by molar-refractivity contribution is 8.13. The van der Waals surface area contributed by atoms with Crippen molar-refractivity contribution in [2.75, 3.05) is 0 Å². The van der Waals surface area contributed by atoms with E-state index in [0.29, 0.717) is 11.3 Å². The maximum Gasteiger partial charge on any atom is 0.261 e. The zero-order valence-corrected chi connectivity index (χ0v) is 8.86. The summed E-state index contributed by atoms with van der Waals surface area (Å²) in [5.74, 6) is 0. The number of aromatic nitrogens is 2. The SMILES string of the molecule is O=S(=O)(Cl)c1ccccc1-c1conn1. The van der Waals surface area contributed by atoms with Gasteiger partial charge >= 0.3 is 0 Å². The molecule has 0 aliphatic carbocycles. The minimum absolute atomic E-state index is 0.0117. The van der Waals surface area contributed by atoms with E-state index in [2.05, 4.69) is 14.9 Å². The molecule has 0 N–H and O–H groups in total. The third-order valence-corrected chi connectivity index (χ3v) is 3.17. The van der Waals surface area contributed by atoms with Gasteiger partial charge in [-0.3, -0.25) is 0 Å². The third-order valence-electron chi connectivity index (χ3n) is 1.79. The summed E-state index contributed by atoms with van der Waals surface area (Å²) in [5.41, 5.74) is 0.698. The highest BCUT2D eigenvalue weighted by Gasteiger charge is 2.17. The molecule has 1 aromatic heterocycles. The predicted octanol–water partition coefficient (Wildman–Crippen LogP) is 1.66. The first-order valence-electron chi connectivity index (χ1n) is 3.90. The minimum atomic E-state index is -3.80. The van der Waals surface area contributed by atoms with Crippen LogP contribution in [0.2, 0.25) is 0 Å². The molecule has 0 saturated heterocycles. The van der Waals surface area contributed by atoms with Gasteiger partial charge in [0.2, 0.25) is 0 Å². The summed E-state index contributed by atoms with van der Waals surface area (Å²) < 4.78 is 27.0. The lowest BCUT2D eigenvalue weighted by Gasteiger charge is -2.01. The van der Waals surface area contributed by atoms with E-state index in [1.54, 1.807) is 18.2 Å². The van der Waals surface area contributed by atoms with Crippen LogP contribution in [-0.4, -0.2) is 18.8 Å². The lowest BCUT2D eigenvalue weighted by atomic mass is 10.2. The molecule has 1 heterocycles. The topological polar surface area (TPSA) is 73.1 Å². The molecule has 2 rings (SSSR count). The van der Waals surface area contributed by atoms with E-state index in [1.807, 2.05) is 0 Å². The molecule has 5 nitrogen and oxygen atoms in total. The molecule has 2 aromatic rings. The van der Waals surface area contributed by atoms with Gasteiger partial charge in [-0.1, -0.05) is 18.2 Å². The maximum atomic E-state index is 11.2. The quantitative estimate of drug-likeness (QED) is 0.752. The zero-order chi connectivity index (χ0) is 10.9. The molecule has 15 heavy (non-hydrogen) atoms. The van der Waals surface area contributed by atoms with Crippen molar-refractivity contribution >= 4 is 19.7 Å². The van der Waals surface area contributed by atoms with Gasteiger partial charge in [0.15, 0.2) is 6.26 Å². The summed E-state index contributed by atoms with van der Waals surface area (Å²) in [5, 5.41) is 6.88. The number of hydrogen-bond donors (Lipinski definition) is 0. The van der Waals surface area contributed by atoms with Gasteiger partial charge in [0.05, 0.1) is 4.90 Å². The Hall–Kier alpha value is -1.40. The van der Waals surface area contributed by atoms with Crippen LogP contribution in [0.3, 0.4) is 0 Å². The standard InChI is InChI=1S/C8H5ClN2O3S/c9-15(12,13)8-4-2-1-3-6(8)7-5-14-11-10-7/h1-5H. The van der Waals surface area contributed by atoms with E-state index in [4.69, 9.17) is 10.7 Å². The molecule has 1 aromatic carbocycles. The van der Waals surface area contributed by atoms with Crippen molar-refractivity contribution in [3.05, 3.63) is 30.5 Å². The van der Waals surface area contributed by atoms with Crippen LogP contribution in [0.1, 0.15) is 0 Å². The van der Waals surface area contributed by atoms with Gasteiger partial charge in [0, 0.05) is 21.5 Å². The Morgan fingerprint density at radius 1 is 1.27 bits per heavy atom. The monoisotopic (exact) mass is 244 g/mol. The van der Waals surface area contributed by atoms with E-state index < -0.39 is 9.05 Å². The second-order valence-corrected chi connectivity index (χ2v) is 5.26. The predicted molar refractivity (Wildman–Crippen MR) is 52.8 cm³/mol. The summed E-state index contributed by atoms with van der Waals surface area (Å²) in [6.45, 7) is 0. The van der Waals surface area contributed by atoms with Crippen LogP contribution in [0.15, 0.2) is 39.9 Å². The molecule has 0 unspecified atom stereocenters. The lowest BCUT2D eigenvalue weighted by molar-refractivity contribution is 0.393. The van der Waals surface area contributed by atoms with Crippen molar-refractivity contribution < 1.29 is 12.9 Å². The number of halogens is 1. The molecule has 0 atom stereocenters. The molecular weight excluding hydrogens is 240 g/mol. The molecule has 7 heteroatoms. The van der Waals surface area contributed by atoms with Crippen molar-refractivity contribution in [1.82, 2.24) is 10.4 Å². The molecule has 0 amide bonds. The molecule has 0 radical (unpaired) electrons. The van der Waals surface area contributed by atoms with E-state index >= 15 is 0 Å². The van der Waals surface area contributed by atoms with E-state index in [-0.39, 0.29) is 4.90 Å². The van der Waals surface area contributed by atoms with Gasteiger partial charge in [-0.15, -0.1) is 5.10 Å².